The van der Waals surface area contributed by atoms with Gasteiger partial charge in [-0.1, -0.05) is 18.2 Å². The second-order valence-electron chi connectivity index (χ2n) is 11.5. The molecule has 0 fully saturated rings. The SMILES string of the molecule is Cc1cc(C)n(C(=O)c2c(NC(=O)c3ccc(S(=O)(=O)N4CCCc5ccccc54)cc3)sc3c2CCN(C(C)C)C3)n1. The lowest BCUT2D eigenvalue weighted by molar-refractivity contribution is 0.0941. The number of benzene rings is 2. The van der Waals surface area contributed by atoms with E-state index in [1.807, 2.05) is 44.2 Å². The van der Waals surface area contributed by atoms with E-state index in [2.05, 4.69) is 29.2 Å². The molecular formula is C32H35N5O4S2. The molecule has 1 N–H and O–H groups in total. The molecule has 2 aliphatic rings. The molecule has 0 saturated heterocycles. The summed E-state index contributed by atoms with van der Waals surface area (Å²) in [5, 5.41) is 7.87. The van der Waals surface area contributed by atoms with E-state index in [0.29, 0.717) is 47.4 Å². The first-order chi connectivity index (χ1) is 20.5. The summed E-state index contributed by atoms with van der Waals surface area (Å²) >= 11 is 1.42. The number of hydrogen-bond donors (Lipinski definition) is 1. The van der Waals surface area contributed by atoms with E-state index in [1.165, 1.54) is 44.6 Å². The van der Waals surface area contributed by atoms with Crippen LogP contribution in [0.4, 0.5) is 10.7 Å². The van der Waals surface area contributed by atoms with Crippen molar-refractivity contribution in [3.63, 3.8) is 0 Å². The summed E-state index contributed by atoms with van der Waals surface area (Å²) in [5.74, 6) is -0.673. The van der Waals surface area contributed by atoms with Crippen LogP contribution in [0.15, 0.2) is 59.5 Å². The van der Waals surface area contributed by atoms with Gasteiger partial charge in [-0.25, -0.2) is 13.1 Å². The lowest BCUT2D eigenvalue weighted by atomic mass is 10.0. The average molecular weight is 618 g/mol. The summed E-state index contributed by atoms with van der Waals surface area (Å²) in [6.07, 6.45) is 2.29. The van der Waals surface area contributed by atoms with Crippen LogP contribution in [0.1, 0.15) is 68.4 Å². The van der Waals surface area contributed by atoms with Crippen molar-refractivity contribution >= 4 is 43.9 Å². The maximum absolute atomic E-state index is 13.8. The topological polar surface area (TPSA) is 105 Å². The van der Waals surface area contributed by atoms with Crippen molar-refractivity contribution in [1.82, 2.24) is 14.7 Å². The monoisotopic (exact) mass is 617 g/mol. The van der Waals surface area contributed by atoms with Crippen LogP contribution in [0.3, 0.4) is 0 Å². The first-order valence-electron chi connectivity index (χ1n) is 14.5. The number of nitrogens with zero attached hydrogens (tertiary/aromatic N) is 4. The van der Waals surface area contributed by atoms with Crippen LogP contribution >= 0.6 is 11.3 Å². The van der Waals surface area contributed by atoms with Crippen LogP contribution in [0, 0.1) is 13.8 Å². The highest BCUT2D eigenvalue weighted by molar-refractivity contribution is 7.92. The summed E-state index contributed by atoms with van der Waals surface area (Å²) in [6, 6.07) is 15.8. The lowest BCUT2D eigenvalue weighted by Crippen LogP contribution is -2.35. The fourth-order valence-corrected chi connectivity index (χ4v) is 8.75. The molecule has 224 valence electrons. The summed E-state index contributed by atoms with van der Waals surface area (Å²) in [4.78, 5) is 30.9. The van der Waals surface area contributed by atoms with Crippen LogP contribution in [0.5, 0.6) is 0 Å². The highest BCUT2D eigenvalue weighted by Gasteiger charge is 2.32. The van der Waals surface area contributed by atoms with Gasteiger partial charge in [0.25, 0.3) is 21.8 Å². The first-order valence-corrected chi connectivity index (χ1v) is 16.8. The Morgan fingerprint density at radius 3 is 2.44 bits per heavy atom. The molecular weight excluding hydrogens is 583 g/mol. The smallest absolute Gasteiger partial charge is 0.281 e. The fourth-order valence-electron chi connectivity index (χ4n) is 5.95. The molecule has 4 heterocycles. The predicted molar refractivity (Wildman–Crippen MR) is 169 cm³/mol. The van der Waals surface area contributed by atoms with E-state index in [-0.39, 0.29) is 10.8 Å². The van der Waals surface area contributed by atoms with Gasteiger partial charge >= 0.3 is 0 Å². The maximum Gasteiger partial charge on any atom is 0.281 e. The van der Waals surface area contributed by atoms with Gasteiger partial charge in [0.1, 0.15) is 5.00 Å². The van der Waals surface area contributed by atoms with E-state index in [4.69, 9.17) is 0 Å². The standard InChI is InChI=1S/C32H35N5O4S2/c1-20(2)35-17-15-26-28(19-35)42-31(29(26)32(39)37-22(4)18-21(3)34-37)33-30(38)24-11-13-25(14-12-24)43(40,41)36-16-7-9-23-8-5-6-10-27(23)36/h5-6,8,10-14,18,20H,7,9,15-17,19H2,1-4H3,(H,33,38). The Balaban J connectivity index is 1.29. The molecule has 6 rings (SSSR count). The van der Waals surface area contributed by atoms with Gasteiger partial charge in [0.2, 0.25) is 0 Å². The number of sulfonamides is 1. The molecule has 0 saturated carbocycles. The lowest BCUT2D eigenvalue weighted by Gasteiger charge is -2.30. The highest BCUT2D eigenvalue weighted by atomic mass is 32.2. The third-order valence-corrected chi connectivity index (χ3v) is 11.2. The van der Waals surface area contributed by atoms with E-state index in [1.54, 1.807) is 0 Å². The van der Waals surface area contributed by atoms with Gasteiger partial charge in [0.05, 0.1) is 21.8 Å². The predicted octanol–water partition coefficient (Wildman–Crippen LogP) is 5.41. The van der Waals surface area contributed by atoms with E-state index >= 15 is 0 Å². The molecule has 2 aromatic carbocycles. The Labute approximate surface area is 256 Å². The molecule has 11 heteroatoms. The van der Waals surface area contributed by atoms with Gasteiger partial charge in [-0.2, -0.15) is 5.10 Å². The minimum atomic E-state index is -3.80. The number of rotatable bonds is 6. The van der Waals surface area contributed by atoms with E-state index < -0.39 is 15.9 Å². The van der Waals surface area contributed by atoms with Crippen molar-refractivity contribution < 1.29 is 18.0 Å². The molecule has 2 aliphatic heterocycles. The molecule has 0 aliphatic carbocycles. The van der Waals surface area contributed by atoms with Crippen LogP contribution in [-0.2, 0) is 29.4 Å². The number of amides is 1. The first kappa shape index (κ1) is 29.3. The molecule has 2 aromatic heterocycles. The quantitative estimate of drug-likeness (QED) is 0.310. The van der Waals surface area contributed by atoms with Crippen LogP contribution in [-0.4, -0.2) is 54.0 Å². The fraction of sp³-hybridized carbons (Fsp3) is 0.344. The van der Waals surface area contributed by atoms with Gasteiger partial charge in [-0.05, 0) is 94.5 Å². The molecule has 43 heavy (non-hydrogen) atoms. The Morgan fingerprint density at radius 1 is 1.00 bits per heavy atom. The molecule has 0 unspecified atom stereocenters. The molecule has 1 amide bonds. The molecule has 0 radical (unpaired) electrons. The number of anilines is 2. The minimum Gasteiger partial charge on any atom is -0.313 e. The van der Waals surface area contributed by atoms with E-state index in [0.717, 1.165) is 46.8 Å². The Kier molecular flexibility index (Phi) is 7.74. The van der Waals surface area contributed by atoms with Crippen LogP contribution in [0.2, 0.25) is 0 Å². The Hall–Kier alpha value is -3.80. The largest absolute Gasteiger partial charge is 0.313 e. The number of aryl methyl sites for hydroxylation is 3. The number of hydrogen-bond acceptors (Lipinski definition) is 7. The number of carbonyl (C=O) groups is 2. The molecule has 9 nitrogen and oxygen atoms in total. The minimum absolute atomic E-state index is 0.126. The number of nitrogens with one attached hydrogen (secondary N) is 1. The van der Waals surface area contributed by atoms with Gasteiger partial charge in [0.15, 0.2) is 0 Å². The zero-order valence-electron chi connectivity index (χ0n) is 24.8. The zero-order valence-corrected chi connectivity index (χ0v) is 26.4. The van der Waals surface area contributed by atoms with Gasteiger partial charge in [-0.3, -0.25) is 18.8 Å². The van der Waals surface area contributed by atoms with Crippen molar-refractivity contribution in [1.29, 1.82) is 0 Å². The summed E-state index contributed by atoms with van der Waals surface area (Å²) in [5.41, 5.74) is 4.92. The van der Waals surface area contributed by atoms with Crippen LogP contribution < -0.4 is 9.62 Å². The number of carbonyl (C=O) groups excluding carboxylic acids is 2. The number of fused-ring (bicyclic) bond motifs is 2. The van der Waals surface area contributed by atoms with Crippen molar-refractivity contribution in [2.45, 2.75) is 64.4 Å². The highest BCUT2D eigenvalue weighted by Crippen LogP contribution is 2.39. The van der Waals surface area contributed by atoms with Gasteiger partial charge < -0.3 is 5.32 Å². The number of aromatic nitrogens is 2. The normalized spacial score (nSPS) is 15.3. The van der Waals surface area contributed by atoms with Crippen molar-refractivity contribution in [2.75, 3.05) is 22.7 Å². The summed E-state index contributed by atoms with van der Waals surface area (Å²) < 4.78 is 30.0. The van der Waals surface area contributed by atoms with Crippen molar-refractivity contribution in [3.8, 4) is 0 Å². The van der Waals surface area contributed by atoms with Gasteiger partial charge in [-0.15, -0.1) is 11.3 Å². The number of thiophene rings is 1. The molecule has 0 bridgehead atoms. The summed E-state index contributed by atoms with van der Waals surface area (Å²) in [6.45, 7) is 9.92. The third kappa shape index (κ3) is 5.41. The average Bonchev–Trinajstić information content (AvgIpc) is 3.53. The number of para-hydroxylation sites is 1. The third-order valence-electron chi connectivity index (χ3n) is 8.23. The van der Waals surface area contributed by atoms with Crippen molar-refractivity contribution in [2.24, 2.45) is 0 Å². The van der Waals surface area contributed by atoms with Crippen molar-refractivity contribution in [3.05, 3.63) is 93.1 Å². The van der Waals surface area contributed by atoms with E-state index in [9.17, 15) is 18.0 Å². The molecule has 0 spiro atoms. The second kappa shape index (κ2) is 11.4. The second-order valence-corrected chi connectivity index (χ2v) is 14.4. The van der Waals surface area contributed by atoms with Gasteiger partial charge in [0, 0.05) is 41.8 Å². The molecule has 4 aromatic rings. The summed E-state index contributed by atoms with van der Waals surface area (Å²) in [7, 11) is -3.80. The Morgan fingerprint density at radius 2 is 1.74 bits per heavy atom. The molecule has 0 atom stereocenters. The van der Waals surface area contributed by atoms with Crippen LogP contribution in [0.25, 0.3) is 0 Å². The Bertz CT molecular complexity index is 1820. The zero-order chi connectivity index (χ0) is 30.5. The maximum atomic E-state index is 13.8.